The van der Waals surface area contributed by atoms with E-state index in [1.54, 1.807) is 24.3 Å². The van der Waals surface area contributed by atoms with Crippen molar-refractivity contribution in [1.82, 2.24) is 0 Å². The molecule has 3 fully saturated rings. The molecule has 7 nitrogen and oxygen atoms in total. The summed E-state index contributed by atoms with van der Waals surface area (Å²) >= 11 is 0. The van der Waals surface area contributed by atoms with Gasteiger partial charge in [0.2, 0.25) is 11.8 Å². The Kier molecular flexibility index (Phi) is 5.51. The first-order valence-corrected chi connectivity index (χ1v) is 11.2. The molecule has 168 valence electrons. The zero-order valence-electron chi connectivity index (χ0n) is 18.3. The van der Waals surface area contributed by atoms with Gasteiger partial charge in [0.15, 0.2) is 11.5 Å². The summed E-state index contributed by atoms with van der Waals surface area (Å²) in [6.45, 7) is 5.35. The van der Waals surface area contributed by atoms with E-state index in [2.05, 4.69) is 0 Å². The Morgan fingerprint density at radius 1 is 0.844 bits per heavy atom. The highest BCUT2D eigenvalue weighted by Crippen LogP contribution is 2.49. The smallest absolute Gasteiger partial charge is 0.240 e. The lowest BCUT2D eigenvalue weighted by atomic mass is 9.81. The first kappa shape index (κ1) is 20.8. The van der Waals surface area contributed by atoms with Crippen LogP contribution in [0.2, 0.25) is 0 Å². The first-order chi connectivity index (χ1) is 15.6. The van der Waals surface area contributed by atoms with E-state index in [1.807, 2.05) is 32.0 Å². The molecule has 32 heavy (non-hydrogen) atoms. The molecule has 3 saturated heterocycles. The Hall–Kier alpha value is -3.06. The molecule has 0 aliphatic carbocycles. The van der Waals surface area contributed by atoms with Gasteiger partial charge in [-0.3, -0.25) is 9.59 Å². The van der Waals surface area contributed by atoms with Crippen LogP contribution in [0.4, 0.5) is 5.69 Å². The van der Waals surface area contributed by atoms with Crippen LogP contribution in [-0.2, 0) is 20.9 Å². The fourth-order valence-corrected chi connectivity index (χ4v) is 5.01. The number of benzene rings is 2. The molecule has 0 radical (unpaired) electrons. The van der Waals surface area contributed by atoms with E-state index >= 15 is 0 Å². The molecule has 5 rings (SSSR count). The summed E-state index contributed by atoms with van der Waals surface area (Å²) in [4.78, 5) is 27.2. The van der Waals surface area contributed by atoms with Crippen molar-refractivity contribution in [2.75, 3.05) is 18.1 Å². The van der Waals surface area contributed by atoms with Gasteiger partial charge in [-0.15, -0.1) is 0 Å². The number of carbonyl (C=O) groups is 2. The third-order valence-electron chi connectivity index (χ3n) is 6.39. The second kappa shape index (κ2) is 8.47. The molecule has 0 spiro atoms. The van der Waals surface area contributed by atoms with Gasteiger partial charge < -0.3 is 18.9 Å². The maximum atomic E-state index is 12.9. The van der Waals surface area contributed by atoms with Crippen molar-refractivity contribution in [1.29, 1.82) is 0 Å². The summed E-state index contributed by atoms with van der Waals surface area (Å²) < 4.78 is 23.0. The maximum absolute atomic E-state index is 12.9. The molecule has 3 aliphatic heterocycles. The van der Waals surface area contributed by atoms with Gasteiger partial charge in [-0.2, -0.15) is 0 Å². The fourth-order valence-electron chi connectivity index (χ4n) is 5.01. The van der Waals surface area contributed by atoms with Crippen LogP contribution in [0.1, 0.15) is 32.3 Å². The average molecular weight is 437 g/mol. The molecule has 3 heterocycles. The van der Waals surface area contributed by atoms with Crippen LogP contribution in [-0.4, -0.2) is 37.2 Å². The van der Waals surface area contributed by atoms with Crippen molar-refractivity contribution in [3.63, 3.8) is 0 Å². The monoisotopic (exact) mass is 437 g/mol. The molecule has 0 aromatic heterocycles. The van der Waals surface area contributed by atoms with Crippen LogP contribution in [0.5, 0.6) is 17.2 Å². The molecule has 3 aliphatic rings. The van der Waals surface area contributed by atoms with Crippen molar-refractivity contribution in [2.24, 2.45) is 11.8 Å². The summed E-state index contributed by atoms with van der Waals surface area (Å²) in [5, 5.41) is 0. The van der Waals surface area contributed by atoms with Gasteiger partial charge >= 0.3 is 0 Å². The third kappa shape index (κ3) is 3.50. The minimum atomic E-state index is -0.323. The van der Waals surface area contributed by atoms with Crippen LogP contribution in [0.3, 0.4) is 0 Å². The predicted molar refractivity (Wildman–Crippen MR) is 117 cm³/mol. The zero-order chi connectivity index (χ0) is 22.2. The van der Waals surface area contributed by atoms with Crippen molar-refractivity contribution in [3.05, 3.63) is 48.0 Å². The Bertz CT molecular complexity index is 992. The highest BCUT2D eigenvalue weighted by molar-refractivity contribution is 6.22. The van der Waals surface area contributed by atoms with E-state index in [-0.39, 0.29) is 35.9 Å². The number of anilines is 1. The molecule has 7 heteroatoms. The fraction of sp³-hybridized carbons (Fsp3) is 0.440. The molecule has 2 bridgehead atoms. The summed E-state index contributed by atoms with van der Waals surface area (Å²) in [6, 6.07) is 12.8. The van der Waals surface area contributed by atoms with E-state index in [4.69, 9.17) is 18.9 Å². The largest absolute Gasteiger partial charge is 0.490 e. The lowest BCUT2D eigenvalue weighted by Gasteiger charge is -2.18. The summed E-state index contributed by atoms with van der Waals surface area (Å²) in [6.07, 6.45) is 1.51. The molecule has 4 atom stereocenters. The summed E-state index contributed by atoms with van der Waals surface area (Å²) in [5.74, 6) is 1.14. The Labute approximate surface area is 187 Å². The molecule has 2 amide bonds. The van der Waals surface area contributed by atoms with E-state index < -0.39 is 0 Å². The number of amides is 2. The number of nitrogens with zero attached hydrogens (tertiary/aromatic N) is 1. The standard InChI is InChI=1S/C25H27NO6/c1-3-29-18-10-5-15(13-21(18)30-4-2)14-31-17-8-6-16(7-9-17)26-24(27)22-19-11-12-20(32-19)23(22)25(26)28/h5-10,13,19-20,22-23H,3-4,11-12,14H2,1-2H3/t19-,20-,22-,23-/m1/s1. The number of ether oxygens (including phenoxy) is 4. The van der Waals surface area contributed by atoms with Crippen molar-refractivity contribution >= 4 is 17.5 Å². The second-order valence-corrected chi connectivity index (χ2v) is 8.28. The number of carbonyl (C=O) groups excluding carboxylic acids is 2. The maximum Gasteiger partial charge on any atom is 0.240 e. The number of hydrogen-bond acceptors (Lipinski definition) is 6. The van der Waals surface area contributed by atoms with Crippen LogP contribution < -0.4 is 19.1 Å². The Morgan fingerprint density at radius 3 is 2.09 bits per heavy atom. The predicted octanol–water partition coefficient (Wildman–Crippen LogP) is 3.73. The SMILES string of the molecule is CCOc1ccc(COc2ccc(N3C(=O)[C@H]4[C@H](C3=O)[C@H]3CC[C@H]4O3)cc2)cc1OCC. The molecular formula is C25H27NO6. The molecule has 0 saturated carbocycles. The number of hydrogen-bond donors (Lipinski definition) is 0. The topological polar surface area (TPSA) is 74.3 Å². The minimum absolute atomic E-state index is 0.107. The zero-order valence-corrected chi connectivity index (χ0v) is 18.3. The van der Waals surface area contributed by atoms with Gasteiger partial charge in [-0.1, -0.05) is 6.07 Å². The molecule has 2 aromatic rings. The summed E-state index contributed by atoms with van der Waals surface area (Å²) in [7, 11) is 0. The normalized spacial score (nSPS) is 25.9. The summed E-state index contributed by atoms with van der Waals surface area (Å²) in [5.41, 5.74) is 1.54. The van der Waals surface area contributed by atoms with Crippen LogP contribution in [0, 0.1) is 11.8 Å². The van der Waals surface area contributed by atoms with Gasteiger partial charge in [0.1, 0.15) is 12.4 Å². The van der Waals surface area contributed by atoms with Gasteiger partial charge in [0, 0.05) is 0 Å². The Morgan fingerprint density at radius 2 is 1.47 bits per heavy atom. The highest BCUT2D eigenvalue weighted by atomic mass is 16.5. The first-order valence-electron chi connectivity index (χ1n) is 11.2. The van der Waals surface area contributed by atoms with Crippen LogP contribution >= 0.6 is 0 Å². The van der Waals surface area contributed by atoms with Gasteiger partial charge in [-0.05, 0) is 68.7 Å². The third-order valence-corrected chi connectivity index (χ3v) is 6.39. The van der Waals surface area contributed by atoms with Crippen LogP contribution in [0.25, 0.3) is 0 Å². The number of imide groups is 1. The highest BCUT2D eigenvalue weighted by Gasteiger charge is 2.62. The molecule has 0 unspecified atom stereocenters. The lowest BCUT2D eigenvalue weighted by molar-refractivity contribution is -0.124. The molecule has 0 N–H and O–H groups in total. The Balaban J connectivity index is 1.25. The number of fused-ring (bicyclic) bond motifs is 5. The van der Waals surface area contributed by atoms with Gasteiger partial charge in [0.05, 0.1) is 42.9 Å². The van der Waals surface area contributed by atoms with E-state index in [9.17, 15) is 9.59 Å². The van der Waals surface area contributed by atoms with Crippen molar-refractivity contribution in [3.8, 4) is 17.2 Å². The quantitative estimate of drug-likeness (QED) is 0.586. The number of rotatable bonds is 8. The molecule has 2 aromatic carbocycles. The van der Waals surface area contributed by atoms with Crippen LogP contribution in [0.15, 0.2) is 42.5 Å². The average Bonchev–Trinajstić information content (AvgIpc) is 3.48. The van der Waals surface area contributed by atoms with E-state index in [1.165, 1.54) is 4.90 Å². The van der Waals surface area contributed by atoms with E-state index in [0.717, 1.165) is 18.4 Å². The molecular weight excluding hydrogens is 410 g/mol. The van der Waals surface area contributed by atoms with Gasteiger partial charge in [0.25, 0.3) is 0 Å². The minimum Gasteiger partial charge on any atom is -0.490 e. The lowest BCUT2D eigenvalue weighted by Crippen LogP contribution is -2.34. The van der Waals surface area contributed by atoms with E-state index in [0.29, 0.717) is 42.8 Å². The second-order valence-electron chi connectivity index (χ2n) is 8.28. The van der Waals surface area contributed by atoms with Crippen molar-refractivity contribution < 1.29 is 28.5 Å². The van der Waals surface area contributed by atoms with Gasteiger partial charge in [-0.25, -0.2) is 4.90 Å². The van der Waals surface area contributed by atoms with Crippen molar-refractivity contribution in [2.45, 2.75) is 45.5 Å².